The number of carbonyl (C=O) groups is 2. The van der Waals surface area contributed by atoms with Crippen LogP contribution in [0.15, 0.2) is 60.7 Å². The molecule has 0 saturated carbocycles. The Morgan fingerprint density at radius 2 is 1.62 bits per heavy atom. The lowest BCUT2D eigenvalue weighted by Gasteiger charge is -2.35. The van der Waals surface area contributed by atoms with Crippen LogP contribution >= 0.6 is 0 Å². The highest BCUT2D eigenvalue weighted by Gasteiger charge is 2.28. The maximum absolute atomic E-state index is 12.7. The van der Waals surface area contributed by atoms with Gasteiger partial charge in [0.15, 0.2) is 0 Å². The molecule has 0 spiro atoms. The molecule has 0 radical (unpaired) electrons. The normalized spacial score (nSPS) is 16.8. The lowest BCUT2D eigenvalue weighted by atomic mass is 10.0. The van der Waals surface area contributed by atoms with Crippen molar-refractivity contribution in [2.24, 2.45) is 0 Å². The van der Waals surface area contributed by atoms with Gasteiger partial charge in [0, 0.05) is 12.1 Å². The molecule has 2 aromatic carbocycles. The van der Waals surface area contributed by atoms with Crippen LogP contribution in [0.25, 0.3) is 0 Å². The van der Waals surface area contributed by atoms with Crippen molar-refractivity contribution in [3.8, 4) is 0 Å². The second kappa shape index (κ2) is 9.04. The molecule has 3 rings (SSSR count). The van der Waals surface area contributed by atoms with E-state index in [0.29, 0.717) is 12.1 Å². The van der Waals surface area contributed by atoms with Gasteiger partial charge in [-0.25, -0.2) is 4.79 Å². The topological polar surface area (TPSA) is 55.8 Å². The fourth-order valence-corrected chi connectivity index (χ4v) is 3.11. The van der Waals surface area contributed by atoms with Crippen molar-refractivity contribution in [1.82, 2.24) is 4.90 Å². The van der Waals surface area contributed by atoms with Crippen molar-refractivity contribution in [2.75, 3.05) is 13.2 Å². The zero-order valence-electron chi connectivity index (χ0n) is 14.7. The number of likely N-dealkylation sites (tertiary alicyclic amines) is 1. The summed E-state index contributed by atoms with van der Waals surface area (Å²) in [6.07, 6.45) is 2.11. The number of piperidine rings is 1. The number of hydrogen-bond donors (Lipinski definition) is 0. The van der Waals surface area contributed by atoms with E-state index in [1.54, 1.807) is 0 Å². The first-order chi connectivity index (χ1) is 12.7. The predicted octanol–water partition coefficient (Wildman–Crippen LogP) is 4.03. The monoisotopic (exact) mass is 353 g/mol. The van der Waals surface area contributed by atoms with Gasteiger partial charge in [-0.05, 0) is 37.0 Å². The van der Waals surface area contributed by atoms with E-state index < -0.39 is 6.16 Å². The molecule has 0 aliphatic carbocycles. The minimum absolute atomic E-state index is 0.0171. The van der Waals surface area contributed by atoms with Crippen LogP contribution in [0.2, 0.25) is 0 Å². The Morgan fingerprint density at radius 3 is 2.35 bits per heavy atom. The number of amides is 1. The molecule has 0 N–H and O–H groups in total. The lowest BCUT2D eigenvalue weighted by Crippen LogP contribution is -2.46. The molecule has 0 bridgehead atoms. The Balaban J connectivity index is 1.52. The van der Waals surface area contributed by atoms with Crippen molar-refractivity contribution in [3.05, 3.63) is 71.8 Å². The summed E-state index contributed by atoms with van der Waals surface area (Å²) >= 11 is 0. The quantitative estimate of drug-likeness (QED) is 0.762. The number of benzene rings is 2. The molecule has 26 heavy (non-hydrogen) atoms. The van der Waals surface area contributed by atoms with Crippen LogP contribution in [0, 0.1) is 0 Å². The molecule has 2 aromatic rings. The largest absolute Gasteiger partial charge is 0.508 e. The number of nitrogens with zero attached hydrogens (tertiary/aromatic N) is 1. The Bertz CT molecular complexity index is 717. The van der Waals surface area contributed by atoms with E-state index in [0.717, 1.165) is 24.8 Å². The number of carbonyl (C=O) groups excluding carboxylic acids is 2. The SMILES string of the molecule is O=C(OCc1ccccc1)OC[C@@H]1CCCCN1C(=O)c1ccccc1. The summed E-state index contributed by atoms with van der Waals surface area (Å²) in [4.78, 5) is 26.4. The van der Waals surface area contributed by atoms with Crippen molar-refractivity contribution in [2.45, 2.75) is 31.9 Å². The van der Waals surface area contributed by atoms with Gasteiger partial charge in [0.25, 0.3) is 5.91 Å². The minimum atomic E-state index is -0.702. The molecule has 1 amide bonds. The predicted molar refractivity (Wildman–Crippen MR) is 97.7 cm³/mol. The Morgan fingerprint density at radius 1 is 0.923 bits per heavy atom. The van der Waals surface area contributed by atoms with Crippen molar-refractivity contribution < 1.29 is 19.1 Å². The summed E-state index contributed by atoms with van der Waals surface area (Å²) in [6, 6.07) is 18.5. The molecule has 5 nitrogen and oxygen atoms in total. The molecule has 0 aromatic heterocycles. The molecule has 1 aliphatic heterocycles. The molecule has 1 saturated heterocycles. The zero-order valence-corrected chi connectivity index (χ0v) is 14.7. The highest BCUT2D eigenvalue weighted by atomic mass is 16.7. The summed E-state index contributed by atoms with van der Waals surface area (Å²) in [5.41, 5.74) is 1.56. The average molecular weight is 353 g/mol. The van der Waals surface area contributed by atoms with Crippen LogP contribution in [-0.2, 0) is 16.1 Å². The average Bonchev–Trinajstić information content (AvgIpc) is 2.72. The van der Waals surface area contributed by atoms with Gasteiger partial charge < -0.3 is 14.4 Å². The van der Waals surface area contributed by atoms with Gasteiger partial charge in [0.05, 0.1) is 6.04 Å². The van der Waals surface area contributed by atoms with Gasteiger partial charge in [0.2, 0.25) is 0 Å². The molecule has 1 heterocycles. The van der Waals surface area contributed by atoms with Crippen LogP contribution in [0.1, 0.15) is 35.2 Å². The third-order valence-corrected chi connectivity index (χ3v) is 4.50. The number of rotatable bonds is 5. The van der Waals surface area contributed by atoms with Crippen molar-refractivity contribution >= 4 is 12.1 Å². The van der Waals surface area contributed by atoms with Gasteiger partial charge in [-0.15, -0.1) is 0 Å². The third-order valence-electron chi connectivity index (χ3n) is 4.50. The summed E-state index contributed by atoms with van der Waals surface area (Å²) in [5.74, 6) is -0.0171. The van der Waals surface area contributed by atoms with E-state index in [1.807, 2.05) is 65.6 Å². The highest BCUT2D eigenvalue weighted by Crippen LogP contribution is 2.20. The summed E-state index contributed by atoms with van der Waals surface area (Å²) in [7, 11) is 0. The van der Waals surface area contributed by atoms with E-state index in [4.69, 9.17) is 9.47 Å². The van der Waals surface area contributed by atoms with Gasteiger partial charge in [-0.1, -0.05) is 48.5 Å². The Kier molecular flexibility index (Phi) is 6.25. The first-order valence-corrected chi connectivity index (χ1v) is 8.93. The third kappa shape index (κ3) is 4.85. The lowest BCUT2D eigenvalue weighted by molar-refractivity contribution is 0.0173. The van der Waals surface area contributed by atoms with Crippen LogP contribution in [0.4, 0.5) is 4.79 Å². The van der Waals surface area contributed by atoms with Crippen LogP contribution in [0.3, 0.4) is 0 Å². The van der Waals surface area contributed by atoms with Crippen LogP contribution < -0.4 is 0 Å². The summed E-state index contributed by atoms with van der Waals surface area (Å²) in [6.45, 7) is 1.02. The Labute approximate surface area is 153 Å². The van der Waals surface area contributed by atoms with E-state index in [2.05, 4.69) is 0 Å². The van der Waals surface area contributed by atoms with E-state index in [1.165, 1.54) is 0 Å². The molecule has 1 aliphatic rings. The van der Waals surface area contributed by atoms with Crippen molar-refractivity contribution in [3.63, 3.8) is 0 Å². The fourth-order valence-electron chi connectivity index (χ4n) is 3.11. The maximum Gasteiger partial charge on any atom is 0.508 e. The Hall–Kier alpha value is -2.82. The molecule has 1 fully saturated rings. The second-order valence-corrected chi connectivity index (χ2v) is 6.35. The standard InChI is InChI=1S/C21H23NO4/c23-20(18-11-5-2-6-12-18)22-14-8-7-13-19(22)16-26-21(24)25-15-17-9-3-1-4-10-17/h1-6,9-12,19H,7-8,13-16H2/t19-/m0/s1. The molecular weight excluding hydrogens is 330 g/mol. The van der Waals surface area contributed by atoms with Crippen molar-refractivity contribution in [1.29, 1.82) is 0 Å². The summed E-state index contributed by atoms with van der Waals surface area (Å²) < 4.78 is 10.4. The highest BCUT2D eigenvalue weighted by molar-refractivity contribution is 5.94. The fraction of sp³-hybridized carbons (Fsp3) is 0.333. The second-order valence-electron chi connectivity index (χ2n) is 6.35. The van der Waals surface area contributed by atoms with Gasteiger partial charge in [-0.2, -0.15) is 0 Å². The van der Waals surface area contributed by atoms with Gasteiger partial charge >= 0.3 is 6.16 Å². The van der Waals surface area contributed by atoms with Crippen LogP contribution in [-0.4, -0.2) is 36.2 Å². The first kappa shape index (κ1) is 18.0. The van der Waals surface area contributed by atoms with Crippen LogP contribution in [0.5, 0.6) is 0 Å². The smallest absolute Gasteiger partial charge is 0.432 e. The molecular formula is C21H23NO4. The van der Waals surface area contributed by atoms with Gasteiger partial charge in [-0.3, -0.25) is 4.79 Å². The molecule has 5 heteroatoms. The molecule has 1 atom stereocenters. The zero-order chi connectivity index (χ0) is 18.2. The minimum Gasteiger partial charge on any atom is -0.432 e. The number of ether oxygens (including phenoxy) is 2. The van der Waals surface area contributed by atoms with E-state index in [-0.39, 0.29) is 25.2 Å². The maximum atomic E-state index is 12.7. The number of hydrogen-bond acceptors (Lipinski definition) is 4. The van der Waals surface area contributed by atoms with E-state index in [9.17, 15) is 9.59 Å². The van der Waals surface area contributed by atoms with E-state index >= 15 is 0 Å². The molecule has 136 valence electrons. The van der Waals surface area contributed by atoms with Gasteiger partial charge in [0.1, 0.15) is 13.2 Å². The summed E-state index contributed by atoms with van der Waals surface area (Å²) in [5, 5.41) is 0. The molecule has 0 unspecified atom stereocenters. The first-order valence-electron chi connectivity index (χ1n) is 8.93.